The van der Waals surface area contributed by atoms with E-state index in [2.05, 4.69) is 45.6 Å². The number of nitrogens with one attached hydrogen (secondary N) is 1. The molecule has 6 nitrogen and oxygen atoms in total. The number of hydrogen-bond donors (Lipinski definition) is 1. The second-order valence-corrected chi connectivity index (χ2v) is 8.28. The van der Waals surface area contributed by atoms with E-state index in [1.165, 1.54) is 5.56 Å². The number of carbonyl (C=O) groups is 1. The Kier molecular flexibility index (Phi) is 5.10. The van der Waals surface area contributed by atoms with E-state index in [1.807, 2.05) is 11.9 Å². The summed E-state index contributed by atoms with van der Waals surface area (Å²) in [5.74, 6) is 0. The van der Waals surface area contributed by atoms with Crippen LogP contribution in [0.25, 0.3) is 0 Å². The molecule has 2 aliphatic rings. The Labute approximate surface area is 165 Å². The maximum absolute atomic E-state index is 12.6. The number of carbonyl (C=O) groups excluding carboxylic acids is 1. The van der Waals surface area contributed by atoms with E-state index < -0.39 is 0 Å². The van der Waals surface area contributed by atoms with Gasteiger partial charge in [-0.2, -0.15) is 5.10 Å². The lowest BCUT2D eigenvalue weighted by Crippen LogP contribution is -2.40. The van der Waals surface area contributed by atoms with Gasteiger partial charge in [0.1, 0.15) is 5.69 Å². The summed E-state index contributed by atoms with van der Waals surface area (Å²) >= 11 is 6.12. The molecule has 2 aromatic rings. The molecule has 2 saturated heterocycles. The number of halogens is 1. The van der Waals surface area contributed by atoms with E-state index in [4.69, 9.17) is 11.6 Å². The van der Waals surface area contributed by atoms with Crippen LogP contribution in [0.4, 0.5) is 4.79 Å². The molecule has 0 aliphatic carbocycles. The van der Waals surface area contributed by atoms with Crippen LogP contribution in [0.1, 0.15) is 24.1 Å². The van der Waals surface area contributed by atoms with Gasteiger partial charge in [0, 0.05) is 44.8 Å². The molecule has 0 bridgehead atoms. The van der Waals surface area contributed by atoms with Crippen molar-refractivity contribution in [1.29, 1.82) is 0 Å². The summed E-state index contributed by atoms with van der Waals surface area (Å²) in [5, 5.41) is 7.83. The van der Waals surface area contributed by atoms with E-state index in [0.29, 0.717) is 17.3 Å². The van der Waals surface area contributed by atoms with E-state index in [9.17, 15) is 4.79 Å². The Morgan fingerprint density at radius 3 is 2.74 bits per heavy atom. The SMILES string of the molecule is Cn1cc(Cl)c(CNC(=O)N2CCC3(CCN(Cc4ccccc4)C3)C2)n1. The molecule has 1 aromatic heterocycles. The van der Waals surface area contributed by atoms with E-state index >= 15 is 0 Å². The number of likely N-dealkylation sites (tertiary alicyclic amines) is 2. The van der Waals surface area contributed by atoms with Crippen molar-refractivity contribution in [3.05, 3.63) is 52.8 Å². The zero-order valence-corrected chi connectivity index (χ0v) is 16.5. The molecule has 1 N–H and O–H groups in total. The Balaban J connectivity index is 1.29. The van der Waals surface area contributed by atoms with Gasteiger partial charge in [-0.15, -0.1) is 0 Å². The van der Waals surface area contributed by atoms with Gasteiger partial charge in [-0.3, -0.25) is 9.58 Å². The molecule has 2 aliphatic heterocycles. The van der Waals surface area contributed by atoms with Gasteiger partial charge in [0.15, 0.2) is 0 Å². The van der Waals surface area contributed by atoms with Crippen LogP contribution in [0.2, 0.25) is 5.02 Å². The van der Waals surface area contributed by atoms with Crippen LogP contribution in [0.3, 0.4) is 0 Å². The third kappa shape index (κ3) is 4.12. The predicted octanol–water partition coefficient (Wildman–Crippen LogP) is 2.88. The lowest BCUT2D eigenvalue weighted by molar-refractivity contribution is 0.197. The Morgan fingerprint density at radius 2 is 2.00 bits per heavy atom. The van der Waals surface area contributed by atoms with E-state index in [-0.39, 0.29) is 11.4 Å². The molecule has 4 rings (SSSR count). The summed E-state index contributed by atoms with van der Waals surface area (Å²) in [5.41, 5.74) is 2.31. The number of aryl methyl sites for hydroxylation is 1. The third-order valence-corrected chi connectivity index (χ3v) is 6.07. The molecule has 1 aromatic carbocycles. The van der Waals surface area contributed by atoms with Crippen molar-refractivity contribution < 1.29 is 4.79 Å². The molecule has 27 heavy (non-hydrogen) atoms. The van der Waals surface area contributed by atoms with Crippen molar-refractivity contribution in [2.45, 2.75) is 25.9 Å². The number of nitrogens with zero attached hydrogens (tertiary/aromatic N) is 4. The lowest BCUT2D eigenvalue weighted by Gasteiger charge is -2.25. The molecule has 2 amide bonds. The topological polar surface area (TPSA) is 53.4 Å². The summed E-state index contributed by atoms with van der Waals surface area (Å²) in [6.45, 7) is 5.18. The molecule has 0 saturated carbocycles. The summed E-state index contributed by atoms with van der Waals surface area (Å²) < 4.78 is 1.66. The summed E-state index contributed by atoms with van der Waals surface area (Å²) in [6, 6.07) is 10.6. The van der Waals surface area contributed by atoms with Gasteiger partial charge in [0.2, 0.25) is 0 Å². The van der Waals surface area contributed by atoms with Crippen LogP contribution in [-0.4, -0.2) is 51.8 Å². The van der Waals surface area contributed by atoms with Crippen LogP contribution < -0.4 is 5.32 Å². The Hall–Kier alpha value is -2.05. The average molecular weight is 388 g/mol. The van der Waals surface area contributed by atoms with E-state index in [1.54, 1.807) is 10.9 Å². The first-order valence-electron chi connectivity index (χ1n) is 9.50. The minimum Gasteiger partial charge on any atom is -0.332 e. The van der Waals surface area contributed by atoms with Crippen molar-refractivity contribution >= 4 is 17.6 Å². The number of aromatic nitrogens is 2. The van der Waals surface area contributed by atoms with Crippen LogP contribution >= 0.6 is 11.6 Å². The molecule has 1 spiro atoms. The highest BCUT2D eigenvalue weighted by Gasteiger charge is 2.44. The van der Waals surface area contributed by atoms with Gasteiger partial charge in [-0.05, 0) is 24.9 Å². The zero-order valence-electron chi connectivity index (χ0n) is 15.7. The normalized spacial score (nSPS) is 22.7. The fraction of sp³-hybridized carbons (Fsp3) is 0.500. The second kappa shape index (κ2) is 7.52. The number of benzene rings is 1. The summed E-state index contributed by atoms with van der Waals surface area (Å²) in [4.78, 5) is 17.0. The predicted molar refractivity (Wildman–Crippen MR) is 105 cm³/mol. The van der Waals surface area contributed by atoms with Gasteiger partial charge in [-0.1, -0.05) is 41.9 Å². The second-order valence-electron chi connectivity index (χ2n) is 7.87. The highest BCUT2D eigenvalue weighted by atomic mass is 35.5. The smallest absolute Gasteiger partial charge is 0.317 e. The molecule has 1 atom stereocenters. The molecule has 144 valence electrons. The molecule has 1 unspecified atom stereocenters. The fourth-order valence-electron chi connectivity index (χ4n) is 4.34. The standard InChI is InChI=1S/C20H26ClN5O/c1-24-13-17(21)18(23-24)11-22-19(27)26-10-8-20(15-26)7-9-25(14-20)12-16-5-3-2-4-6-16/h2-6,13H,7-12,14-15H2,1H3,(H,22,27). The van der Waals surface area contributed by atoms with Gasteiger partial charge in [-0.25, -0.2) is 4.79 Å². The molecule has 7 heteroatoms. The van der Waals surface area contributed by atoms with Crippen LogP contribution in [0.15, 0.2) is 36.5 Å². The fourth-order valence-corrected chi connectivity index (χ4v) is 4.59. The zero-order chi connectivity index (χ0) is 18.9. The number of rotatable bonds is 4. The van der Waals surface area contributed by atoms with Crippen LogP contribution in [0, 0.1) is 5.41 Å². The Morgan fingerprint density at radius 1 is 1.22 bits per heavy atom. The first kappa shape index (κ1) is 18.3. The first-order chi connectivity index (χ1) is 13.0. The van der Waals surface area contributed by atoms with Crippen molar-refractivity contribution in [2.24, 2.45) is 12.5 Å². The number of hydrogen-bond acceptors (Lipinski definition) is 3. The summed E-state index contributed by atoms with van der Waals surface area (Å²) in [7, 11) is 1.82. The van der Waals surface area contributed by atoms with Gasteiger partial charge >= 0.3 is 6.03 Å². The van der Waals surface area contributed by atoms with Crippen molar-refractivity contribution in [2.75, 3.05) is 26.2 Å². The van der Waals surface area contributed by atoms with Crippen LogP contribution in [0.5, 0.6) is 0 Å². The highest BCUT2D eigenvalue weighted by molar-refractivity contribution is 6.31. The molecule has 3 heterocycles. The molecule has 2 fully saturated rings. The van der Waals surface area contributed by atoms with Gasteiger partial charge in [0.25, 0.3) is 0 Å². The minimum absolute atomic E-state index is 0.0184. The molecular weight excluding hydrogens is 362 g/mol. The van der Waals surface area contributed by atoms with E-state index in [0.717, 1.165) is 45.6 Å². The van der Waals surface area contributed by atoms with Crippen molar-refractivity contribution in [3.8, 4) is 0 Å². The molecular formula is C20H26ClN5O. The lowest BCUT2D eigenvalue weighted by atomic mass is 9.86. The number of amides is 2. The average Bonchev–Trinajstić information content (AvgIpc) is 3.34. The van der Waals surface area contributed by atoms with Crippen LogP contribution in [-0.2, 0) is 20.1 Å². The van der Waals surface area contributed by atoms with Crippen molar-refractivity contribution in [1.82, 2.24) is 24.9 Å². The monoisotopic (exact) mass is 387 g/mol. The number of urea groups is 1. The van der Waals surface area contributed by atoms with Gasteiger partial charge in [0.05, 0.1) is 11.6 Å². The maximum atomic E-state index is 12.6. The quantitative estimate of drug-likeness (QED) is 0.877. The Bertz CT molecular complexity index is 808. The van der Waals surface area contributed by atoms with Gasteiger partial charge < -0.3 is 10.2 Å². The molecule has 0 radical (unpaired) electrons. The summed E-state index contributed by atoms with van der Waals surface area (Å²) in [6.07, 6.45) is 3.99. The highest BCUT2D eigenvalue weighted by Crippen LogP contribution is 2.39. The largest absolute Gasteiger partial charge is 0.332 e. The maximum Gasteiger partial charge on any atom is 0.317 e. The first-order valence-corrected chi connectivity index (χ1v) is 9.88. The van der Waals surface area contributed by atoms with Crippen molar-refractivity contribution in [3.63, 3.8) is 0 Å². The third-order valence-electron chi connectivity index (χ3n) is 5.75. The minimum atomic E-state index is -0.0184.